The number of hydrogen-bond acceptors (Lipinski definition) is 3. The van der Waals surface area contributed by atoms with E-state index < -0.39 is 0 Å². The van der Waals surface area contributed by atoms with Crippen LogP contribution < -0.4 is 4.90 Å². The predicted octanol–water partition coefficient (Wildman–Crippen LogP) is 14.9. The molecule has 9 aromatic carbocycles. The minimum Gasteiger partial charge on any atom is -0.456 e. The highest BCUT2D eigenvalue weighted by molar-refractivity contribution is 6.19. The summed E-state index contributed by atoms with van der Waals surface area (Å²) in [6.07, 6.45) is 0. The summed E-state index contributed by atoms with van der Waals surface area (Å²) < 4.78 is 15.3. The Morgan fingerprint density at radius 3 is 1.82 bits per heavy atom. The van der Waals surface area contributed by atoms with Crippen LogP contribution in [0.2, 0.25) is 0 Å². The van der Waals surface area contributed by atoms with Gasteiger partial charge in [0.05, 0.1) is 22.1 Å². The number of hydrogen-bond donors (Lipinski definition) is 0. The van der Waals surface area contributed by atoms with Crippen LogP contribution in [0.25, 0.3) is 93.3 Å². The first kappa shape index (κ1) is 30.9. The van der Waals surface area contributed by atoms with Crippen molar-refractivity contribution in [2.45, 2.75) is 0 Å². The van der Waals surface area contributed by atoms with Crippen molar-refractivity contribution < 1.29 is 8.83 Å². The monoisotopic (exact) mass is 716 g/mol. The third-order valence-corrected chi connectivity index (χ3v) is 11.4. The van der Waals surface area contributed by atoms with Gasteiger partial charge >= 0.3 is 0 Å². The molecule has 0 fully saturated rings. The number of anilines is 3. The van der Waals surface area contributed by atoms with Gasteiger partial charge in [-0.2, -0.15) is 0 Å². The minimum absolute atomic E-state index is 0.858. The molecule has 0 spiro atoms. The van der Waals surface area contributed by atoms with E-state index in [0.29, 0.717) is 0 Å². The van der Waals surface area contributed by atoms with E-state index in [1.807, 2.05) is 24.3 Å². The van der Waals surface area contributed by atoms with E-state index in [9.17, 15) is 0 Å². The van der Waals surface area contributed by atoms with Crippen LogP contribution in [0.1, 0.15) is 0 Å². The molecule has 0 unspecified atom stereocenters. The second kappa shape index (κ2) is 12.0. The number of aromatic nitrogens is 1. The van der Waals surface area contributed by atoms with Gasteiger partial charge in [-0.1, -0.05) is 121 Å². The molecular formula is C52H32N2O2. The van der Waals surface area contributed by atoms with Gasteiger partial charge in [-0.3, -0.25) is 0 Å². The fraction of sp³-hybridized carbons (Fsp3) is 0. The van der Waals surface area contributed by atoms with Crippen molar-refractivity contribution in [3.8, 4) is 16.8 Å². The van der Waals surface area contributed by atoms with E-state index in [2.05, 4.69) is 179 Å². The highest BCUT2D eigenvalue weighted by Crippen LogP contribution is 2.46. The van der Waals surface area contributed by atoms with E-state index in [0.717, 1.165) is 88.5 Å². The lowest BCUT2D eigenvalue weighted by Crippen LogP contribution is -2.10. The van der Waals surface area contributed by atoms with Gasteiger partial charge in [0.1, 0.15) is 22.3 Å². The molecule has 0 saturated heterocycles. The van der Waals surface area contributed by atoms with Crippen LogP contribution in [-0.4, -0.2) is 4.57 Å². The van der Waals surface area contributed by atoms with Crippen molar-refractivity contribution in [2.24, 2.45) is 0 Å². The molecule has 0 radical (unpaired) electrons. The van der Waals surface area contributed by atoms with Crippen LogP contribution in [0.15, 0.2) is 203 Å². The summed E-state index contributed by atoms with van der Waals surface area (Å²) in [5.74, 6) is 0. The number of rotatable bonds is 5. The minimum atomic E-state index is 0.858. The molecule has 0 N–H and O–H groups in total. The Morgan fingerprint density at radius 2 is 1.00 bits per heavy atom. The largest absolute Gasteiger partial charge is 0.456 e. The summed E-state index contributed by atoms with van der Waals surface area (Å²) in [5, 5.41) is 9.14. The van der Waals surface area contributed by atoms with Crippen LogP contribution >= 0.6 is 0 Å². The fourth-order valence-corrected chi connectivity index (χ4v) is 8.90. The Morgan fingerprint density at radius 1 is 0.375 bits per heavy atom. The van der Waals surface area contributed by atoms with E-state index >= 15 is 0 Å². The average molecular weight is 717 g/mol. The summed E-state index contributed by atoms with van der Waals surface area (Å²) in [6, 6.07) is 69.1. The number of fused-ring (bicyclic) bond motifs is 11. The first-order valence-electron chi connectivity index (χ1n) is 19.0. The lowest BCUT2D eigenvalue weighted by Gasteiger charge is -2.27. The molecule has 0 bridgehead atoms. The maximum atomic E-state index is 6.44. The third-order valence-electron chi connectivity index (χ3n) is 11.4. The Hall–Kier alpha value is -7.56. The van der Waals surface area contributed by atoms with Gasteiger partial charge in [0.25, 0.3) is 0 Å². The first-order chi connectivity index (χ1) is 27.8. The van der Waals surface area contributed by atoms with Crippen molar-refractivity contribution >= 4 is 93.5 Å². The number of furan rings is 2. The Balaban J connectivity index is 1.10. The zero-order valence-electron chi connectivity index (χ0n) is 30.2. The molecule has 12 aromatic rings. The maximum absolute atomic E-state index is 6.44. The molecule has 0 aliphatic heterocycles. The molecular weight excluding hydrogens is 685 g/mol. The Kier molecular flexibility index (Phi) is 6.60. The van der Waals surface area contributed by atoms with Crippen LogP contribution in [0, 0.1) is 0 Å². The molecule has 0 atom stereocenters. The molecule has 3 heterocycles. The molecule has 3 aromatic heterocycles. The highest BCUT2D eigenvalue weighted by atomic mass is 16.3. The zero-order chi connectivity index (χ0) is 36.7. The lowest BCUT2D eigenvalue weighted by molar-refractivity contribution is 0.669. The summed E-state index contributed by atoms with van der Waals surface area (Å²) >= 11 is 0. The number of nitrogens with zero attached hydrogens (tertiary/aromatic N) is 2. The van der Waals surface area contributed by atoms with Crippen molar-refractivity contribution in [3.63, 3.8) is 0 Å². The summed E-state index contributed by atoms with van der Waals surface area (Å²) in [7, 11) is 0. The van der Waals surface area contributed by atoms with Gasteiger partial charge in [-0.15, -0.1) is 0 Å². The highest BCUT2D eigenvalue weighted by Gasteiger charge is 2.22. The SMILES string of the molecule is c1ccc(-n2c3ccccc3c3ccc(N(c4ccc(-c5cc6c7ccccc7oc6c6ccccc56)cc4)c4cccc5oc6ccccc6c45)cc32)cc1. The fourth-order valence-electron chi connectivity index (χ4n) is 8.90. The van der Waals surface area contributed by atoms with Crippen molar-refractivity contribution in [3.05, 3.63) is 194 Å². The summed E-state index contributed by atoms with van der Waals surface area (Å²) in [5.41, 5.74) is 12.5. The second-order valence-electron chi connectivity index (χ2n) is 14.5. The summed E-state index contributed by atoms with van der Waals surface area (Å²) in [4.78, 5) is 2.38. The number of para-hydroxylation sites is 4. The predicted molar refractivity (Wildman–Crippen MR) is 233 cm³/mol. The van der Waals surface area contributed by atoms with E-state index in [1.165, 1.54) is 21.9 Å². The van der Waals surface area contributed by atoms with Crippen LogP contribution in [0.3, 0.4) is 0 Å². The van der Waals surface area contributed by atoms with E-state index in [-0.39, 0.29) is 0 Å². The summed E-state index contributed by atoms with van der Waals surface area (Å²) in [6.45, 7) is 0. The molecule has 0 saturated carbocycles. The topological polar surface area (TPSA) is 34.5 Å². The molecule has 0 aliphatic carbocycles. The first-order valence-corrected chi connectivity index (χ1v) is 19.0. The van der Waals surface area contributed by atoms with Crippen molar-refractivity contribution in [1.82, 2.24) is 4.57 Å². The lowest BCUT2D eigenvalue weighted by atomic mass is 9.95. The Labute approximate surface area is 321 Å². The van der Waals surface area contributed by atoms with Gasteiger partial charge in [0, 0.05) is 49.4 Å². The normalized spacial score (nSPS) is 11.9. The van der Waals surface area contributed by atoms with Crippen LogP contribution in [0.5, 0.6) is 0 Å². The van der Waals surface area contributed by atoms with Gasteiger partial charge in [0.15, 0.2) is 0 Å². The molecule has 56 heavy (non-hydrogen) atoms. The standard InChI is InChI=1S/C52H32N2O2/c1-2-13-34(14-3-1)54-45-20-9-6-16-38(45)39-30-29-36(31-47(39)54)53(46-21-12-24-50-51(46)42-19-8-11-23-49(42)55-50)35-27-25-33(26-28-35)43-32-44-40-17-7-10-22-48(40)56-52(44)41-18-5-4-15-37(41)43/h1-32H. The zero-order valence-corrected chi connectivity index (χ0v) is 30.2. The van der Waals surface area contributed by atoms with Gasteiger partial charge < -0.3 is 18.3 Å². The van der Waals surface area contributed by atoms with E-state index in [1.54, 1.807) is 0 Å². The molecule has 4 heteroatoms. The van der Waals surface area contributed by atoms with Gasteiger partial charge in [0.2, 0.25) is 0 Å². The third kappa shape index (κ3) is 4.53. The maximum Gasteiger partial charge on any atom is 0.143 e. The molecule has 4 nitrogen and oxygen atoms in total. The van der Waals surface area contributed by atoms with Crippen molar-refractivity contribution in [2.75, 3.05) is 4.90 Å². The van der Waals surface area contributed by atoms with Gasteiger partial charge in [-0.25, -0.2) is 0 Å². The molecule has 262 valence electrons. The quantitative estimate of drug-likeness (QED) is 0.178. The average Bonchev–Trinajstić information content (AvgIpc) is 3.94. The van der Waals surface area contributed by atoms with E-state index in [4.69, 9.17) is 8.83 Å². The van der Waals surface area contributed by atoms with Crippen LogP contribution in [-0.2, 0) is 0 Å². The smallest absolute Gasteiger partial charge is 0.143 e. The number of benzene rings is 9. The van der Waals surface area contributed by atoms with Crippen LogP contribution in [0.4, 0.5) is 17.1 Å². The Bertz CT molecular complexity index is 3480. The molecule has 0 aliphatic rings. The molecule has 0 amide bonds. The molecule has 12 rings (SSSR count). The second-order valence-corrected chi connectivity index (χ2v) is 14.5. The van der Waals surface area contributed by atoms with Gasteiger partial charge in [-0.05, 0) is 89.3 Å². The van der Waals surface area contributed by atoms with Crippen molar-refractivity contribution in [1.29, 1.82) is 0 Å².